The Labute approximate surface area is 124 Å². The minimum absolute atomic E-state index is 0.720. The van der Waals surface area contributed by atoms with E-state index < -0.39 is 0 Å². The summed E-state index contributed by atoms with van der Waals surface area (Å²) >= 11 is 9.41. The van der Waals surface area contributed by atoms with Crippen molar-refractivity contribution in [3.63, 3.8) is 0 Å². The maximum atomic E-state index is 5.98. The minimum atomic E-state index is 0.720. The van der Waals surface area contributed by atoms with Gasteiger partial charge < -0.3 is 10.3 Å². The predicted octanol–water partition coefficient (Wildman–Crippen LogP) is 5.20. The molecule has 0 atom stereocenters. The van der Waals surface area contributed by atoms with Gasteiger partial charge in [-0.2, -0.15) is 0 Å². The summed E-state index contributed by atoms with van der Waals surface area (Å²) in [5.74, 6) is 0. The summed E-state index contributed by atoms with van der Waals surface area (Å²) in [6, 6.07) is 14.1. The van der Waals surface area contributed by atoms with Gasteiger partial charge in [0.15, 0.2) is 0 Å². The van der Waals surface area contributed by atoms with E-state index in [0.717, 1.165) is 27.2 Å². The first-order chi connectivity index (χ1) is 9.24. The second-order valence-corrected chi connectivity index (χ2v) is 5.60. The fraction of sp³-hybridized carbons (Fsp3) is 0.0667. The highest BCUT2D eigenvalue weighted by Crippen LogP contribution is 2.26. The smallest absolute Gasteiger partial charge is 0.0549 e. The van der Waals surface area contributed by atoms with Crippen LogP contribution in [0.3, 0.4) is 0 Å². The number of fused-ring (bicyclic) bond motifs is 1. The van der Waals surface area contributed by atoms with Crippen molar-refractivity contribution in [1.29, 1.82) is 0 Å². The first kappa shape index (κ1) is 12.6. The second-order valence-electron chi connectivity index (χ2n) is 4.34. The molecule has 0 saturated carbocycles. The number of halogens is 2. The van der Waals surface area contributed by atoms with Crippen LogP contribution in [-0.4, -0.2) is 4.98 Å². The third-order valence-corrected chi connectivity index (χ3v) is 4.29. The summed E-state index contributed by atoms with van der Waals surface area (Å²) in [5, 5.41) is 5.37. The van der Waals surface area contributed by atoms with Gasteiger partial charge in [0, 0.05) is 33.8 Å². The van der Waals surface area contributed by atoms with Gasteiger partial charge in [0.05, 0.1) is 5.02 Å². The van der Waals surface area contributed by atoms with Crippen molar-refractivity contribution >= 4 is 44.1 Å². The SMILES string of the molecule is Clc1ccc(NCc2c[nH]c3ccccc23)cc1Br. The Hall–Kier alpha value is -1.45. The van der Waals surface area contributed by atoms with Crippen LogP contribution in [-0.2, 0) is 6.54 Å². The van der Waals surface area contributed by atoms with Crippen LogP contribution in [0.25, 0.3) is 10.9 Å². The van der Waals surface area contributed by atoms with Gasteiger partial charge in [0.1, 0.15) is 0 Å². The average Bonchev–Trinajstić information content (AvgIpc) is 2.83. The van der Waals surface area contributed by atoms with E-state index in [2.05, 4.69) is 44.4 Å². The number of nitrogens with one attached hydrogen (secondary N) is 2. The Balaban J connectivity index is 1.80. The molecule has 0 unspecified atom stereocenters. The molecule has 0 aliphatic carbocycles. The molecule has 96 valence electrons. The Kier molecular flexibility index (Phi) is 3.49. The van der Waals surface area contributed by atoms with Crippen LogP contribution in [0, 0.1) is 0 Å². The van der Waals surface area contributed by atoms with Crippen LogP contribution < -0.4 is 5.32 Å². The molecule has 0 bridgehead atoms. The van der Waals surface area contributed by atoms with E-state index in [0.29, 0.717) is 0 Å². The quantitative estimate of drug-likeness (QED) is 0.677. The van der Waals surface area contributed by atoms with E-state index in [1.165, 1.54) is 10.9 Å². The number of rotatable bonds is 3. The summed E-state index contributed by atoms with van der Waals surface area (Å²) in [5.41, 5.74) is 3.46. The zero-order valence-corrected chi connectivity index (χ0v) is 12.4. The monoisotopic (exact) mass is 334 g/mol. The normalized spacial score (nSPS) is 10.8. The molecule has 0 amide bonds. The molecular formula is C15H12BrClN2. The highest BCUT2D eigenvalue weighted by Gasteiger charge is 2.03. The number of aromatic amines is 1. The van der Waals surface area contributed by atoms with Gasteiger partial charge in [-0.15, -0.1) is 0 Å². The molecule has 0 radical (unpaired) electrons. The van der Waals surface area contributed by atoms with Crippen molar-refractivity contribution in [2.75, 3.05) is 5.32 Å². The van der Waals surface area contributed by atoms with E-state index in [1.54, 1.807) is 0 Å². The molecule has 2 nitrogen and oxygen atoms in total. The summed E-state index contributed by atoms with van der Waals surface area (Å²) in [7, 11) is 0. The molecule has 1 aromatic heterocycles. The molecule has 4 heteroatoms. The fourth-order valence-electron chi connectivity index (χ4n) is 2.08. The number of para-hydroxylation sites is 1. The highest BCUT2D eigenvalue weighted by atomic mass is 79.9. The lowest BCUT2D eigenvalue weighted by molar-refractivity contribution is 1.16. The van der Waals surface area contributed by atoms with Gasteiger partial charge >= 0.3 is 0 Å². The van der Waals surface area contributed by atoms with Crippen molar-refractivity contribution in [2.24, 2.45) is 0 Å². The van der Waals surface area contributed by atoms with E-state index in [4.69, 9.17) is 11.6 Å². The third kappa shape index (κ3) is 2.62. The van der Waals surface area contributed by atoms with Gasteiger partial charge in [-0.3, -0.25) is 0 Å². The predicted molar refractivity (Wildman–Crippen MR) is 84.8 cm³/mol. The molecule has 0 aliphatic rings. The number of benzene rings is 2. The zero-order valence-electron chi connectivity index (χ0n) is 10.1. The lowest BCUT2D eigenvalue weighted by atomic mass is 10.2. The number of anilines is 1. The van der Waals surface area contributed by atoms with Crippen molar-refractivity contribution in [3.05, 3.63) is 63.7 Å². The van der Waals surface area contributed by atoms with Crippen LogP contribution in [0.1, 0.15) is 5.56 Å². The number of H-pyrrole nitrogens is 1. The standard InChI is InChI=1S/C15H12BrClN2/c16-13-7-11(5-6-14(13)17)18-8-10-9-19-15-4-2-1-3-12(10)15/h1-7,9,18-19H,8H2. The Morgan fingerprint density at radius 3 is 2.84 bits per heavy atom. The average molecular weight is 336 g/mol. The highest BCUT2D eigenvalue weighted by molar-refractivity contribution is 9.10. The Bertz CT molecular complexity index is 721. The van der Waals surface area contributed by atoms with E-state index in [9.17, 15) is 0 Å². The fourth-order valence-corrected chi connectivity index (χ4v) is 2.58. The van der Waals surface area contributed by atoms with Crippen molar-refractivity contribution < 1.29 is 0 Å². The molecule has 19 heavy (non-hydrogen) atoms. The van der Waals surface area contributed by atoms with Crippen LogP contribution in [0.5, 0.6) is 0 Å². The summed E-state index contributed by atoms with van der Waals surface area (Å²) < 4.78 is 0.901. The van der Waals surface area contributed by atoms with Gasteiger partial charge in [0.2, 0.25) is 0 Å². The van der Waals surface area contributed by atoms with E-state index in [1.807, 2.05) is 30.5 Å². The lowest BCUT2D eigenvalue weighted by Gasteiger charge is -2.07. The largest absolute Gasteiger partial charge is 0.381 e. The van der Waals surface area contributed by atoms with Crippen LogP contribution in [0.2, 0.25) is 5.02 Å². The van der Waals surface area contributed by atoms with Crippen molar-refractivity contribution in [1.82, 2.24) is 4.98 Å². The van der Waals surface area contributed by atoms with Crippen molar-refractivity contribution in [2.45, 2.75) is 6.54 Å². The third-order valence-electron chi connectivity index (χ3n) is 3.08. The second kappa shape index (κ2) is 5.27. The maximum absolute atomic E-state index is 5.98. The zero-order chi connectivity index (χ0) is 13.2. The molecule has 2 aromatic carbocycles. The molecule has 3 aromatic rings. The summed E-state index contributed by atoms with van der Waals surface area (Å²) in [4.78, 5) is 3.27. The summed E-state index contributed by atoms with van der Waals surface area (Å²) in [6.45, 7) is 0.776. The minimum Gasteiger partial charge on any atom is -0.381 e. The van der Waals surface area contributed by atoms with Gasteiger partial charge in [0.25, 0.3) is 0 Å². The summed E-state index contributed by atoms with van der Waals surface area (Å²) in [6.07, 6.45) is 2.04. The molecule has 0 aliphatic heterocycles. The van der Waals surface area contributed by atoms with Crippen LogP contribution in [0.15, 0.2) is 53.1 Å². The number of aromatic nitrogens is 1. The van der Waals surface area contributed by atoms with E-state index >= 15 is 0 Å². The van der Waals surface area contributed by atoms with Crippen LogP contribution >= 0.6 is 27.5 Å². The van der Waals surface area contributed by atoms with Gasteiger partial charge in [-0.1, -0.05) is 29.8 Å². The Morgan fingerprint density at radius 2 is 2.00 bits per heavy atom. The molecule has 0 spiro atoms. The van der Waals surface area contributed by atoms with Crippen molar-refractivity contribution in [3.8, 4) is 0 Å². The first-order valence-corrected chi connectivity index (χ1v) is 7.15. The number of hydrogen-bond donors (Lipinski definition) is 2. The Morgan fingerprint density at radius 1 is 1.16 bits per heavy atom. The lowest BCUT2D eigenvalue weighted by Crippen LogP contribution is -1.98. The molecule has 3 rings (SSSR count). The van der Waals surface area contributed by atoms with E-state index in [-0.39, 0.29) is 0 Å². The van der Waals surface area contributed by atoms with Gasteiger partial charge in [-0.05, 0) is 45.8 Å². The molecule has 2 N–H and O–H groups in total. The molecule has 1 heterocycles. The van der Waals surface area contributed by atoms with Crippen LogP contribution in [0.4, 0.5) is 5.69 Å². The maximum Gasteiger partial charge on any atom is 0.0549 e. The van der Waals surface area contributed by atoms with Gasteiger partial charge in [-0.25, -0.2) is 0 Å². The molecule has 0 fully saturated rings. The number of hydrogen-bond acceptors (Lipinski definition) is 1. The topological polar surface area (TPSA) is 27.8 Å². The molecule has 0 saturated heterocycles. The molecular weight excluding hydrogens is 324 g/mol. The first-order valence-electron chi connectivity index (χ1n) is 5.98.